The molecule has 0 saturated carbocycles. The van der Waals surface area contributed by atoms with E-state index in [1.54, 1.807) is 4.31 Å². The molecule has 0 radical (unpaired) electrons. The summed E-state index contributed by atoms with van der Waals surface area (Å²) < 4.78 is 37.9. The molecule has 0 unspecified atom stereocenters. The van der Waals surface area contributed by atoms with E-state index in [4.69, 9.17) is 9.47 Å². The Bertz CT molecular complexity index is 396. The SMILES string of the molecule is CC(C)COC1CCN(S(=O)(=O)C[C@H]2CCCCO2)CC1. The number of hydrogen-bond acceptors (Lipinski definition) is 4. The Morgan fingerprint density at radius 3 is 2.48 bits per heavy atom. The lowest BCUT2D eigenvalue weighted by atomic mass is 10.1. The van der Waals surface area contributed by atoms with Crippen LogP contribution in [0.4, 0.5) is 0 Å². The molecule has 21 heavy (non-hydrogen) atoms. The van der Waals surface area contributed by atoms with Crippen LogP contribution in [0.3, 0.4) is 0 Å². The van der Waals surface area contributed by atoms with Crippen molar-refractivity contribution in [1.29, 1.82) is 0 Å². The van der Waals surface area contributed by atoms with Crippen LogP contribution in [0.2, 0.25) is 0 Å². The van der Waals surface area contributed by atoms with E-state index in [-0.39, 0.29) is 18.0 Å². The molecule has 0 amide bonds. The van der Waals surface area contributed by atoms with Gasteiger partial charge < -0.3 is 9.47 Å². The third-order valence-corrected chi connectivity index (χ3v) is 6.08. The first-order chi connectivity index (χ1) is 9.97. The molecule has 6 heteroatoms. The standard InChI is InChI=1S/C15H29NO4S/c1-13(2)11-20-14-6-8-16(9-7-14)21(17,18)12-15-5-3-4-10-19-15/h13-15H,3-12H2,1-2H3/t15-/m1/s1. The lowest BCUT2D eigenvalue weighted by Gasteiger charge is -2.33. The molecule has 2 aliphatic heterocycles. The van der Waals surface area contributed by atoms with Gasteiger partial charge in [0.05, 0.1) is 18.0 Å². The van der Waals surface area contributed by atoms with Gasteiger partial charge in [-0.1, -0.05) is 13.8 Å². The first-order valence-corrected chi connectivity index (χ1v) is 9.79. The molecule has 2 aliphatic rings. The fourth-order valence-electron chi connectivity index (χ4n) is 2.88. The number of nitrogens with zero attached hydrogens (tertiary/aromatic N) is 1. The predicted molar refractivity (Wildman–Crippen MR) is 82.8 cm³/mol. The van der Waals surface area contributed by atoms with Gasteiger partial charge >= 0.3 is 0 Å². The molecule has 0 aliphatic carbocycles. The molecule has 124 valence electrons. The van der Waals surface area contributed by atoms with Crippen molar-refractivity contribution in [3.05, 3.63) is 0 Å². The predicted octanol–water partition coefficient (Wildman–Crippen LogP) is 2.02. The monoisotopic (exact) mass is 319 g/mol. The highest BCUT2D eigenvalue weighted by atomic mass is 32.2. The van der Waals surface area contributed by atoms with Gasteiger partial charge in [-0.15, -0.1) is 0 Å². The average molecular weight is 319 g/mol. The number of sulfonamides is 1. The van der Waals surface area contributed by atoms with Gasteiger partial charge in [-0.3, -0.25) is 0 Å². The maximum Gasteiger partial charge on any atom is 0.216 e. The molecule has 2 fully saturated rings. The summed E-state index contributed by atoms with van der Waals surface area (Å²) in [5, 5.41) is 0. The Morgan fingerprint density at radius 2 is 1.90 bits per heavy atom. The number of piperidine rings is 1. The zero-order valence-corrected chi connectivity index (χ0v) is 14.1. The second-order valence-electron chi connectivity index (χ2n) is 6.59. The van der Waals surface area contributed by atoms with Crippen molar-refractivity contribution < 1.29 is 17.9 Å². The van der Waals surface area contributed by atoms with Crippen molar-refractivity contribution in [2.45, 2.75) is 58.2 Å². The summed E-state index contributed by atoms with van der Waals surface area (Å²) in [6, 6.07) is 0. The lowest BCUT2D eigenvalue weighted by Crippen LogP contribution is -2.44. The largest absolute Gasteiger partial charge is 0.378 e. The quantitative estimate of drug-likeness (QED) is 0.751. The highest BCUT2D eigenvalue weighted by molar-refractivity contribution is 7.89. The van der Waals surface area contributed by atoms with Crippen LogP contribution in [0.15, 0.2) is 0 Å². The Kier molecular flexibility index (Phi) is 6.47. The number of rotatable bonds is 6. The molecule has 0 bridgehead atoms. The molecule has 0 aromatic rings. The Balaban J connectivity index is 1.77. The van der Waals surface area contributed by atoms with Crippen LogP contribution >= 0.6 is 0 Å². The van der Waals surface area contributed by atoms with E-state index >= 15 is 0 Å². The summed E-state index contributed by atoms with van der Waals surface area (Å²) >= 11 is 0. The molecule has 2 rings (SSSR count). The van der Waals surface area contributed by atoms with Gasteiger partial charge in [0.15, 0.2) is 0 Å². The van der Waals surface area contributed by atoms with E-state index in [2.05, 4.69) is 13.8 Å². The van der Waals surface area contributed by atoms with Crippen molar-refractivity contribution in [2.24, 2.45) is 5.92 Å². The van der Waals surface area contributed by atoms with Gasteiger partial charge in [-0.25, -0.2) is 12.7 Å². The first kappa shape index (κ1) is 17.2. The van der Waals surface area contributed by atoms with Gasteiger partial charge in [0.1, 0.15) is 0 Å². The van der Waals surface area contributed by atoms with E-state index in [9.17, 15) is 8.42 Å². The van der Waals surface area contributed by atoms with Crippen molar-refractivity contribution in [2.75, 3.05) is 32.1 Å². The second kappa shape index (κ2) is 7.90. The zero-order valence-electron chi connectivity index (χ0n) is 13.3. The van der Waals surface area contributed by atoms with E-state index in [0.717, 1.165) is 38.7 Å². The summed E-state index contributed by atoms with van der Waals surface area (Å²) in [7, 11) is -3.18. The molecular formula is C15H29NO4S. The molecular weight excluding hydrogens is 290 g/mol. The van der Waals surface area contributed by atoms with Crippen LogP contribution in [0.25, 0.3) is 0 Å². The van der Waals surface area contributed by atoms with E-state index < -0.39 is 10.0 Å². The summed E-state index contributed by atoms with van der Waals surface area (Å²) in [5.41, 5.74) is 0. The van der Waals surface area contributed by atoms with Crippen molar-refractivity contribution in [1.82, 2.24) is 4.31 Å². The van der Waals surface area contributed by atoms with Crippen LogP contribution in [0.5, 0.6) is 0 Å². The molecule has 0 aromatic carbocycles. The highest BCUT2D eigenvalue weighted by Gasteiger charge is 2.31. The minimum absolute atomic E-state index is 0.112. The van der Waals surface area contributed by atoms with E-state index in [1.807, 2.05) is 0 Å². The van der Waals surface area contributed by atoms with Gasteiger partial charge in [0, 0.05) is 26.3 Å². The fraction of sp³-hybridized carbons (Fsp3) is 1.00. The van der Waals surface area contributed by atoms with Gasteiger partial charge in [-0.2, -0.15) is 0 Å². The molecule has 2 saturated heterocycles. The summed E-state index contributed by atoms with van der Waals surface area (Å²) in [4.78, 5) is 0. The third-order valence-electron chi connectivity index (χ3n) is 4.13. The molecule has 1 atom stereocenters. The van der Waals surface area contributed by atoms with Crippen LogP contribution in [0.1, 0.15) is 46.0 Å². The maximum atomic E-state index is 12.4. The Labute approximate surface area is 129 Å². The summed E-state index contributed by atoms with van der Waals surface area (Å²) in [6.45, 7) is 6.88. The Hall–Kier alpha value is -0.170. The number of ether oxygens (including phenoxy) is 2. The van der Waals surface area contributed by atoms with Crippen LogP contribution in [-0.4, -0.2) is 57.0 Å². The zero-order chi connectivity index (χ0) is 15.3. The molecule has 2 heterocycles. The van der Waals surface area contributed by atoms with Gasteiger partial charge in [0.25, 0.3) is 0 Å². The van der Waals surface area contributed by atoms with Crippen LogP contribution in [-0.2, 0) is 19.5 Å². The minimum Gasteiger partial charge on any atom is -0.378 e. The summed E-state index contributed by atoms with van der Waals surface area (Å²) in [5.74, 6) is 0.667. The van der Waals surface area contributed by atoms with E-state index in [0.29, 0.717) is 25.6 Å². The highest BCUT2D eigenvalue weighted by Crippen LogP contribution is 2.21. The van der Waals surface area contributed by atoms with E-state index in [1.165, 1.54) is 0 Å². The molecule has 5 nitrogen and oxygen atoms in total. The topological polar surface area (TPSA) is 55.8 Å². The van der Waals surface area contributed by atoms with Gasteiger partial charge in [-0.05, 0) is 38.0 Å². The fourth-order valence-corrected chi connectivity index (χ4v) is 4.60. The number of hydrogen-bond donors (Lipinski definition) is 0. The normalized spacial score (nSPS) is 26.3. The molecule has 0 spiro atoms. The van der Waals surface area contributed by atoms with Crippen molar-refractivity contribution >= 4 is 10.0 Å². The minimum atomic E-state index is -3.18. The second-order valence-corrected chi connectivity index (χ2v) is 8.61. The molecule has 0 aromatic heterocycles. The smallest absolute Gasteiger partial charge is 0.216 e. The summed E-state index contributed by atoms with van der Waals surface area (Å²) in [6.07, 6.45) is 4.70. The van der Waals surface area contributed by atoms with Crippen molar-refractivity contribution in [3.8, 4) is 0 Å². The maximum absolute atomic E-state index is 12.4. The third kappa shape index (κ3) is 5.51. The van der Waals surface area contributed by atoms with Crippen molar-refractivity contribution in [3.63, 3.8) is 0 Å². The van der Waals surface area contributed by atoms with Gasteiger partial charge in [0.2, 0.25) is 10.0 Å². The first-order valence-electron chi connectivity index (χ1n) is 8.18. The molecule has 0 N–H and O–H groups in total. The average Bonchev–Trinajstić information content (AvgIpc) is 2.46. The Morgan fingerprint density at radius 1 is 1.19 bits per heavy atom. The van der Waals surface area contributed by atoms with Crippen LogP contribution < -0.4 is 0 Å². The van der Waals surface area contributed by atoms with Crippen LogP contribution in [0, 0.1) is 5.92 Å². The lowest BCUT2D eigenvalue weighted by molar-refractivity contribution is 0.00660.